The smallest absolute Gasteiger partial charge is 0.309 e. The number of hydrogen-bond donors (Lipinski definition) is 2. The van der Waals surface area contributed by atoms with Gasteiger partial charge in [0.25, 0.3) is 0 Å². The molecule has 0 aliphatic carbocycles. The summed E-state index contributed by atoms with van der Waals surface area (Å²) in [5, 5.41) is 4.99. The second kappa shape index (κ2) is 11.1. The molecule has 1 saturated heterocycles. The van der Waals surface area contributed by atoms with Crippen LogP contribution in [0.3, 0.4) is 0 Å². The molecule has 2 aromatic carbocycles. The van der Waals surface area contributed by atoms with Gasteiger partial charge >= 0.3 is 11.8 Å². The van der Waals surface area contributed by atoms with Crippen molar-refractivity contribution in [3.63, 3.8) is 0 Å². The van der Waals surface area contributed by atoms with Crippen LogP contribution in [0.1, 0.15) is 5.56 Å². The fourth-order valence-corrected chi connectivity index (χ4v) is 4.90. The number of sulfonamides is 1. The highest BCUT2D eigenvalue weighted by molar-refractivity contribution is 7.89. The van der Waals surface area contributed by atoms with E-state index in [9.17, 15) is 18.0 Å². The minimum absolute atomic E-state index is 0.139. The van der Waals surface area contributed by atoms with Crippen molar-refractivity contribution in [2.75, 3.05) is 40.5 Å². The minimum atomic E-state index is -3.77. The molecule has 1 aliphatic rings. The number of ether oxygens (including phenoxy) is 3. The van der Waals surface area contributed by atoms with E-state index >= 15 is 0 Å². The molecule has 10 nitrogen and oxygen atoms in total. The van der Waals surface area contributed by atoms with E-state index in [1.54, 1.807) is 37.4 Å². The summed E-state index contributed by atoms with van der Waals surface area (Å²) in [6.45, 7) is 0.448. The average Bonchev–Trinajstić information content (AvgIpc) is 3.32. The van der Waals surface area contributed by atoms with Gasteiger partial charge < -0.3 is 24.8 Å². The number of amides is 2. The van der Waals surface area contributed by atoms with Crippen molar-refractivity contribution in [2.45, 2.75) is 17.5 Å². The van der Waals surface area contributed by atoms with Gasteiger partial charge in [-0.05, 0) is 36.2 Å². The van der Waals surface area contributed by atoms with Crippen molar-refractivity contribution in [2.24, 2.45) is 0 Å². The molecule has 0 unspecified atom stereocenters. The van der Waals surface area contributed by atoms with Gasteiger partial charge in [-0.15, -0.1) is 0 Å². The topological polar surface area (TPSA) is 123 Å². The van der Waals surface area contributed by atoms with Gasteiger partial charge in [-0.1, -0.05) is 24.3 Å². The van der Waals surface area contributed by atoms with Crippen LogP contribution in [0.4, 0.5) is 0 Å². The summed E-state index contributed by atoms with van der Waals surface area (Å²) in [6, 6.07) is 13.4. The molecular formula is C22H27N3O7S. The lowest BCUT2D eigenvalue weighted by atomic mass is 10.1. The predicted octanol–water partition coefficient (Wildman–Crippen LogP) is 0.526. The van der Waals surface area contributed by atoms with E-state index in [1.807, 2.05) is 6.07 Å². The molecule has 2 aromatic rings. The molecule has 0 aromatic heterocycles. The maximum atomic E-state index is 12.8. The first-order valence-electron chi connectivity index (χ1n) is 10.3. The van der Waals surface area contributed by atoms with Crippen molar-refractivity contribution < 1.29 is 32.2 Å². The Kier molecular flexibility index (Phi) is 8.26. The maximum Gasteiger partial charge on any atom is 0.309 e. The lowest BCUT2D eigenvalue weighted by molar-refractivity contribution is -0.139. The molecule has 1 fully saturated rings. The van der Waals surface area contributed by atoms with Gasteiger partial charge in [0.1, 0.15) is 6.23 Å². The Bertz CT molecular complexity index is 1080. The number of carbonyl (C=O) groups excluding carboxylic acids is 2. The van der Waals surface area contributed by atoms with Gasteiger partial charge in [0, 0.05) is 13.1 Å². The average molecular weight is 478 g/mol. The highest BCUT2D eigenvalue weighted by Crippen LogP contribution is 2.27. The Balaban J connectivity index is 1.48. The molecule has 1 atom stereocenters. The molecule has 178 valence electrons. The largest absolute Gasteiger partial charge is 0.493 e. The molecule has 3 rings (SSSR count). The minimum Gasteiger partial charge on any atom is -0.493 e. The Labute approximate surface area is 192 Å². The summed E-state index contributed by atoms with van der Waals surface area (Å²) in [5.74, 6) is -0.506. The number of rotatable bonds is 9. The van der Waals surface area contributed by atoms with E-state index < -0.39 is 28.1 Å². The van der Waals surface area contributed by atoms with Crippen LogP contribution in [0, 0.1) is 0 Å². The number of methoxy groups -OCH3 is 2. The van der Waals surface area contributed by atoms with Gasteiger partial charge in [0.05, 0.1) is 32.3 Å². The van der Waals surface area contributed by atoms with Gasteiger partial charge in [0.15, 0.2) is 11.5 Å². The van der Waals surface area contributed by atoms with E-state index in [0.717, 1.165) is 5.56 Å². The fourth-order valence-electron chi connectivity index (χ4n) is 3.37. The third kappa shape index (κ3) is 6.01. The van der Waals surface area contributed by atoms with E-state index in [-0.39, 0.29) is 31.1 Å². The van der Waals surface area contributed by atoms with Gasteiger partial charge in [-0.25, -0.2) is 8.42 Å². The molecular weight excluding hydrogens is 450 g/mol. The number of nitrogens with zero attached hydrogens (tertiary/aromatic N) is 1. The fraction of sp³-hybridized carbons (Fsp3) is 0.364. The third-order valence-electron chi connectivity index (χ3n) is 5.08. The number of carbonyl (C=O) groups is 2. The highest BCUT2D eigenvalue weighted by Gasteiger charge is 2.36. The van der Waals surface area contributed by atoms with E-state index in [1.165, 1.54) is 23.5 Å². The standard InChI is InChI=1S/C22H27N3O7S/c1-30-18-9-8-16(14-19(18)31-2)10-11-23-21(26)22(27)24-15-20-25(12-13-32-20)33(28,29)17-6-4-3-5-7-17/h3-9,14,20H,10-13,15H2,1-2H3,(H,23,26)(H,24,27)/t20-/m1/s1. The van der Waals surface area contributed by atoms with Crippen molar-refractivity contribution in [1.29, 1.82) is 0 Å². The molecule has 11 heteroatoms. The van der Waals surface area contributed by atoms with Crippen LogP contribution in [0.5, 0.6) is 11.5 Å². The molecule has 2 amide bonds. The van der Waals surface area contributed by atoms with Crippen LogP contribution in [-0.2, 0) is 30.8 Å². The molecule has 1 aliphatic heterocycles. The summed E-state index contributed by atoms with van der Waals surface area (Å²) >= 11 is 0. The Morgan fingerprint density at radius 3 is 2.42 bits per heavy atom. The zero-order chi connectivity index (χ0) is 23.8. The first-order valence-corrected chi connectivity index (χ1v) is 11.8. The lowest BCUT2D eigenvalue weighted by Crippen LogP contribution is -2.47. The van der Waals surface area contributed by atoms with Crippen LogP contribution in [0.15, 0.2) is 53.4 Å². The first-order chi connectivity index (χ1) is 15.9. The first kappa shape index (κ1) is 24.5. The monoisotopic (exact) mass is 477 g/mol. The number of hydrogen-bond acceptors (Lipinski definition) is 7. The molecule has 33 heavy (non-hydrogen) atoms. The second-order valence-electron chi connectivity index (χ2n) is 7.16. The summed E-state index contributed by atoms with van der Waals surface area (Å²) in [5.41, 5.74) is 0.898. The van der Waals surface area contributed by atoms with Crippen LogP contribution in [0.25, 0.3) is 0 Å². The lowest BCUT2D eigenvalue weighted by Gasteiger charge is -2.22. The Morgan fingerprint density at radius 2 is 1.73 bits per heavy atom. The molecule has 0 bridgehead atoms. The van der Waals surface area contributed by atoms with Crippen molar-refractivity contribution in [1.82, 2.24) is 14.9 Å². The van der Waals surface area contributed by atoms with Crippen molar-refractivity contribution in [3.05, 3.63) is 54.1 Å². The molecule has 0 spiro atoms. The summed E-state index contributed by atoms with van der Waals surface area (Å²) in [6.07, 6.45) is -0.410. The Morgan fingerprint density at radius 1 is 1.03 bits per heavy atom. The molecule has 1 heterocycles. The van der Waals surface area contributed by atoms with E-state index in [4.69, 9.17) is 14.2 Å². The SMILES string of the molecule is COc1ccc(CCNC(=O)C(=O)NC[C@H]2OCCN2S(=O)(=O)c2ccccc2)cc1OC. The second-order valence-corrected chi connectivity index (χ2v) is 9.05. The predicted molar refractivity (Wildman–Crippen MR) is 119 cm³/mol. The van der Waals surface area contributed by atoms with Crippen molar-refractivity contribution >= 4 is 21.8 Å². The van der Waals surface area contributed by atoms with Gasteiger partial charge in [-0.2, -0.15) is 4.31 Å². The van der Waals surface area contributed by atoms with Crippen LogP contribution >= 0.6 is 0 Å². The highest BCUT2D eigenvalue weighted by atomic mass is 32.2. The van der Waals surface area contributed by atoms with Gasteiger partial charge in [-0.3, -0.25) is 9.59 Å². The summed E-state index contributed by atoms with van der Waals surface area (Å²) in [4.78, 5) is 24.4. The zero-order valence-corrected chi connectivity index (χ0v) is 19.3. The molecule has 0 saturated carbocycles. The van der Waals surface area contributed by atoms with Gasteiger partial charge in [0.2, 0.25) is 10.0 Å². The number of benzene rings is 2. The third-order valence-corrected chi connectivity index (χ3v) is 6.99. The number of nitrogens with one attached hydrogen (secondary N) is 2. The molecule has 2 N–H and O–H groups in total. The summed E-state index contributed by atoms with van der Waals surface area (Å²) < 4.78 is 42.7. The maximum absolute atomic E-state index is 12.8. The van der Waals surface area contributed by atoms with E-state index in [0.29, 0.717) is 17.9 Å². The van der Waals surface area contributed by atoms with Crippen molar-refractivity contribution in [3.8, 4) is 11.5 Å². The van der Waals surface area contributed by atoms with Crippen LogP contribution in [-0.4, -0.2) is 71.2 Å². The van der Waals surface area contributed by atoms with Crippen LogP contribution in [0.2, 0.25) is 0 Å². The Hall–Kier alpha value is -3.15. The molecule has 0 radical (unpaired) electrons. The van der Waals surface area contributed by atoms with E-state index in [2.05, 4.69) is 10.6 Å². The van der Waals surface area contributed by atoms with Crippen LogP contribution < -0.4 is 20.1 Å². The zero-order valence-electron chi connectivity index (χ0n) is 18.4. The summed E-state index contributed by atoms with van der Waals surface area (Å²) in [7, 11) is -0.694. The quantitative estimate of drug-likeness (QED) is 0.505. The normalized spacial score (nSPS) is 16.2.